The summed E-state index contributed by atoms with van der Waals surface area (Å²) in [5.41, 5.74) is 3.37. The first-order chi connectivity index (χ1) is 12.3. The van der Waals surface area contributed by atoms with Crippen molar-refractivity contribution in [2.75, 3.05) is 18.4 Å². The number of benzene rings is 2. The normalized spacial score (nSPS) is 18.4. The zero-order valence-corrected chi connectivity index (χ0v) is 14.2. The fourth-order valence-electron chi connectivity index (χ4n) is 3.64. The van der Waals surface area contributed by atoms with E-state index in [1.165, 1.54) is 29.5 Å². The molecule has 0 aliphatic carbocycles. The SMILES string of the molecule is Fc1ccc(N[C@@H]2CCCN(Cc3cccc4ncccc34)C2)cc1. The first-order valence-corrected chi connectivity index (χ1v) is 8.85. The van der Waals surface area contributed by atoms with E-state index in [0.717, 1.165) is 37.3 Å². The quantitative estimate of drug-likeness (QED) is 0.763. The average molecular weight is 335 g/mol. The van der Waals surface area contributed by atoms with Crippen molar-refractivity contribution in [3.05, 3.63) is 72.2 Å². The molecule has 1 fully saturated rings. The predicted octanol–water partition coefficient (Wildman–Crippen LogP) is 4.45. The van der Waals surface area contributed by atoms with Crippen LogP contribution in [-0.4, -0.2) is 29.0 Å². The van der Waals surface area contributed by atoms with E-state index < -0.39 is 0 Å². The van der Waals surface area contributed by atoms with Gasteiger partial charge in [-0.3, -0.25) is 9.88 Å². The van der Waals surface area contributed by atoms with Gasteiger partial charge in [-0.1, -0.05) is 18.2 Å². The summed E-state index contributed by atoms with van der Waals surface area (Å²) in [6.07, 6.45) is 4.16. The van der Waals surface area contributed by atoms with Crippen molar-refractivity contribution >= 4 is 16.6 Å². The number of piperidine rings is 1. The second-order valence-electron chi connectivity index (χ2n) is 6.71. The molecule has 4 heteroatoms. The second kappa shape index (κ2) is 7.19. The maximum absolute atomic E-state index is 13.1. The molecule has 1 N–H and O–H groups in total. The van der Waals surface area contributed by atoms with E-state index >= 15 is 0 Å². The van der Waals surface area contributed by atoms with Crippen LogP contribution in [-0.2, 0) is 6.54 Å². The molecular weight excluding hydrogens is 313 g/mol. The van der Waals surface area contributed by atoms with E-state index in [1.54, 1.807) is 0 Å². The summed E-state index contributed by atoms with van der Waals surface area (Å²) in [7, 11) is 0. The van der Waals surface area contributed by atoms with Crippen molar-refractivity contribution < 1.29 is 4.39 Å². The van der Waals surface area contributed by atoms with Crippen molar-refractivity contribution in [3.8, 4) is 0 Å². The van der Waals surface area contributed by atoms with E-state index in [4.69, 9.17) is 0 Å². The van der Waals surface area contributed by atoms with Gasteiger partial charge in [-0.15, -0.1) is 0 Å². The third kappa shape index (κ3) is 3.80. The summed E-state index contributed by atoms with van der Waals surface area (Å²) in [4.78, 5) is 6.94. The topological polar surface area (TPSA) is 28.2 Å². The number of rotatable bonds is 4. The van der Waals surface area contributed by atoms with Gasteiger partial charge in [0.15, 0.2) is 0 Å². The monoisotopic (exact) mass is 335 g/mol. The number of fused-ring (bicyclic) bond motifs is 1. The Labute approximate surface area is 147 Å². The van der Waals surface area contributed by atoms with Crippen molar-refractivity contribution in [2.24, 2.45) is 0 Å². The summed E-state index contributed by atoms with van der Waals surface area (Å²) < 4.78 is 13.1. The first kappa shape index (κ1) is 16.0. The molecule has 2 aromatic carbocycles. The molecule has 3 nitrogen and oxygen atoms in total. The average Bonchev–Trinajstić information content (AvgIpc) is 2.64. The maximum atomic E-state index is 13.1. The van der Waals surface area contributed by atoms with Crippen molar-refractivity contribution in [3.63, 3.8) is 0 Å². The van der Waals surface area contributed by atoms with E-state index in [2.05, 4.69) is 39.5 Å². The summed E-state index contributed by atoms with van der Waals surface area (Å²) in [5.74, 6) is -0.194. The van der Waals surface area contributed by atoms with Gasteiger partial charge in [-0.05, 0) is 61.3 Å². The lowest BCUT2D eigenvalue weighted by Gasteiger charge is -2.34. The highest BCUT2D eigenvalue weighted by Gasteiger charge is 2.20. The van der Waals surface area contributed by atoms with E-state index in [-0.39, 0.29) is 5.82 Å². The van der Waals surface area contributed by atoms with Crippen molar-refractivity contribution in [2.45, 2.75) is 25.4 Å². The Morgan fingerprint density at radius 2 is 1.96 bits per heavy atom. The fourth-order valence-corrected chi connectivity index (χ4v) is 3.64. The Kier molecular flexibility index (Phi) is 4.61. The zero-order chi connectivity index (χ0) is 17.1. The van der Waals surface area contributed by atoms with Gasteiger partial charge in [-0.25, -0.2) is 4.39 Å². The van der Waals surface area contributed by atoms with Gasteiger partial charge < -0.3 is 5.32 Å². The number of pyridine rings is 1. The predicted molar refractivity (Wildman–Crippen MR) is 100 cm³/mol. The summed E-state index contributed by atoms with van der Waals surface area (Å²) in [6, 6.07) is 17.5. The van der Waals surface area contributed by atoms with Crippen LogP contribution in [0.5, 0.6) is 0 Å². The Hall–Kier alpha value is -2.46. The number of hydrogen-bond acceptors (Lipinski definition) is 3. The molecule has 0 radical (unpaired) electrons. The molecule has 1 aromatic heterocycles. The summed E-state index contributed by atoms with van der Waals surface area (Å²) >= 11 is 0. The third-order valence-corrected chi connectivity index (χ3v) is 4.85. The highest BCUT2D eigenvalue weighted by molar-refractivity contribution is 5.81. The van der Waals surface area contributed by atoms with Gasteiger partial charge in [-0.2, -0.15) is 0 Å². The Morgan fingerprint density at radius 3 is 2.84 bits per heavy atom. The van der Waals surface area contributed by atoms with Gasteiger partial charge in [0.05, 0.1) is 5.52 Å². The molecule has 1 aliphatic rings. The lowest BCUT2D eigenvalue weighted by molar-refractivity contribution is 0.209. The largest absolute Gasteiger partial charge is 0.381 e. The molecule has 3 aromatic rings. The molecule has 1 saturated heterocycles. The van der Waals surface area contributed by atoms with Crippen LogP contribution >= 0.6 is 0 Å². The third-order valence-electron chi connectivity index (χ3n) is 4.85. The summed E-state index contributed by atoms with van der Waals surface area (Å²) in [5, 5.41) is 4.78. The molecule has 4 rings (SSSR count). The summed E-state index contributed by atoms with van der Waals surface area (Å²) in [6.45, 7) is 3.04. The minimum Gasteiger partial charge on any atom is -0.381 e. The lowest BCUT2D eigenvalue weighted by atomic mass is 10.0. The molecule has 25 heavy (non-hydrogen) atoms. The number of nitrogens with one attached hydrogen (secondary N) is 1. The van der Waals surface area contributed by atoms with Crippen LogP contribution in [0.15, 0.2) is 60.8 Å². The number of likely N-dealkylation sites (tertiary alicyclic amines) is 1. The zero-order valence-electron chi connectivity index (χ0n) is 14.2. The fraction of sp³-hybridized carbons (Fsp3) is 0.286. The standard InChI is InChI=1S/C21H22FN3/c22-17-8-10-18(11-9-17)24-19-5-3-13-25(15-19)14-16-4-1-7-21-20(16)6-2-12-23-21/h1-2,4,6-12,19,24H,3,5,13-15H2/t19-/m1/s1. The molecule has 0 bridgehead atoms. The Bertz CT molecular complexity index is 842. The van der Waals surface area contributed by atoms with Crippen LogP contribution < -0.4 is 5.32 Å². The smallest absolute Gasteiger partial charge is 0.123 e. The number of aromatic nitrogens is 1. The number of nitrogens with zero attached hydrogens (tertiary/aromatic N) is 2. The van der Waals surface area contributed by atoms with Gasteiger partial charge in [0, 0.05) is 36.4 Å². The Morgan fingerprint density at radius 1 is 1.08 bits per heavy atom. The van der Waals surface area contributed by atoms with Crippen LogP contribution in [0, 0.1) is 5.82 Å². The molecule has 0 spiro atoms. The van der Waals surface area contributed by atoms with Crippen LogP contribution in [0.1, 0.15) is 18.4 Å². The van der Waals surface area contributed by atoms with Gasteiger partial charge in [0.2, 0.25) is 0 Å². The molecular formula is C21H22FN3. The Balaban J connectivity index is 1.45. The molecule has 1 aliphatic heterocycles. The first-order valence-electron chi connectivity index (χ1n) is 8.85. The van der Waals surface area contributed by atoms with Crippen LogP contribution in [0.2, 0.25) is 0 Å². The van der Waals surface area contributed by atoms with E-state index in [0.29, 0.717) is 6.04 Å². The molecule has 2 heterocycles. The number of anilines is 1. The van der Waals surface area contributed by atoms with Crippen LogP contribution in [0.3, 0.4) is 0 Å². The van der Waals surface area contributed by atoms with E-state index in [1.807, 2.05) is 24.4 Å². The van der Waals surface area contributed by atoms with Crippen molar-refractivity contribution in [1.82, 2.24) is 9.88 Å². The maximum Gasteiger partial charge on any atom is 0.123 e. The van der Waals surface area contributed by atoms with Crippen molar-refractivity contribution in [1.29, 1.82) is 0 Å². The molecule has 128 valence electrons. The van der Waals surface area contributed by atoms with Gasteiger partial charge >= 0.3 is 0 Å². The number of halogens is 1. The van der Waals surface area contributed by atoms with Gasteiger partial charge in [0.25, 0.3) is 0 Å². The van der Waals surface area contributed by atoms with Crippen LogP contribution in [0.4, 0.5) is 10.1 Å². The highest BCUT2D eigenvalue weighted by Crippen LogP contribution is 2.22. The van der Waals surface area contributed by atoms with E-state index in [9.17, 15) is 4.39 Å². The number of hydrogen-bond donors (Lipinski definition) is 1. The lowest BCUT2D eigenvalue weighted by Crippen LogP contribution is -2.41. The second-order valence-corrected chi connectivity index (χ2v) is 6.71. The minimum atomic E-state index is -0.194. The minimum absolute atomic E-state index is 0.194. The highest BCUT2D eigenvalue weighted by atomic mass is 19.1. The van der Waals surface area contributed by atoms with Gasteiger partial charge in [0.1, 0.15) is 5.82 Å². The van der Waals surface area contributed by atoms with Crippen LogP contribution in [0.25, 0.3) is 10.9 Å². The molecule has 0 unspecified atom stereocenters. The molecule has 1 atom stereocenters. The molecule has 0 amide bonds. The molecule has 0 saturated carbocycles.